The quantitative estimate of drug-likeness (QED) is 0.706. The molecule has 3 nitrogen and oxygen atoms in total. The lowest BCUT2D eigenvalue weighted by Crippen LogP contribution is -2.05. The number of nitrogens with one attached hydrogen (secondary N) is 1. The van der Waals surface area contributed by atoms with E-state index in [9.17, 15) is 5.11 Å². The fourth-order valence-electron chi connectivity index (χ4n) is 1.87. The molecule has 0 radical (unpaired) electrons. The Morgan fingerprint density at radius 3 is 2.33 bits per heavy atom. The van der Waals surface area contributed by atoms with Gasteiger partial charge < -0.3 is 15.2 Å². The number of aromatic hydroxyl groups is 1. The molecule has 21 heavy (non-hydrogen) atoms. The minimum Gasteiger partial charge on any atom is -0.508 e. The van der Waals surface area contributed by atoms with Crippen LogP contribution in [0.1, 0.15) is 12.8 Å². The minimum absolute atomic E-state index is 0.0319. The fraction of sp³-hybridized carbons (Fsp3) is 0.250. The van der Waals surface area contributed by atoms with Crippen LogP contribution in [-0.4, -0.2) is 18.3 Å². The van der Waals surface area contributed by atoms with E-state index in [4.69, 9.17) is 27.9 Å². The summed E-state index contributed by atoms with van der Waals surface area (Å²) in [5.41, 5.74) is 1.11. The highest BCUT2D eigenvalue weighted by molar-refractivity contribution is 6.37. The molecule has 0 aliphatic heterocycles. The highest BCUT2D eigenvalue weighted by Crippen LogP contribution is 2.36. The Bertz CT molecular complexity index is 553. The molecule has 2 rings (SSSR count). The van der Waals surface area contributed by atoms with Crippen molar-refractivity contribution < 1.29 is 9.84 Å². The van der Waals surface area contributed by atoms with Gasteiger partial charge in [0.25, 0.3) is 0 Å². The minimum atomic E-state index is 0.0319. The van der Waals surface area contributed by atoms with Crippen molar-refractivity contribution in [3.05, 3.63) is 52.5 Å². The average molecular weight is 326 g/mol. The van der Waals surface area contributed by atoms with Gasteiger partial charge in [-0.05, 0) is 25.0 Å². The summed E-state index contributed by atoms with van der Waals surface area (Å²) in [7, 11) is 0. The van der Waals surface area contributed by atoms with Gasteiger partial charge >= 0.3 is 0 Å². The second-order valence-corrected chi connectivity index (χ2v) is 5.40. The molecular weight excluding hydrogens is 309 g/mol. The van der Waals surface area contributed by atoms with Gasteiger partial charge in [-0.2, -0.15) is 0 Å². The molecule has 0 unspecified atom stereocenters. The second kappa shape index (κ2) is 8.01. The molecule has 2 N–H and O–H groups in total. The van der Waals surface area contributed by atoms with Crippen molar-refractivity contribution in [3.63, 3.8) is 0 Å². The molecule has 0 fully saturated rings. The maximum Gasteiger partial charge on any atom is 0.156 e. The first-order chi connectivity index (χ1) is 10.2. The molecular formula is C16H17Cl2NO2. The summed E-state index contributed by atoms with van der Waals surface area (Å²) in [6.07, 6.45) is 1.86. The van der Waals surface area contributed by atoms with E-state index >= 15 is 0 Å². The molecule has 2 aromatic carbocycles. The molecule has 0 amide bonds. The van der Waals surface area contributed by atoms with E-state index in [2.05, 4.69) is 5.32 Å². The summed E-state index contributed by atoms with van der Waals surface area (Å²) in [5.74, 6) is 0.455. The summed E-state index contributed by atoms with van der Waals surface area (Å²) >= 11 is 11.9. The lowest BCUT2D eigenvalue weighted by molar-refractivity contribution is 0.308. The number of hydrogen-bond acceptors (Lipinski definition) is 3. The van der Waals surface area contributed by atoms with Crippen LogP contribution in [0, 0.1) is 0 Å². The SMILES string of the molecule is Oc1cc(Cl)c(OCCCCNc2ccccc2)c(Cl)c1. The number of benzene rings is 2. The molecule has 0 heterocycles. The Kier molecular flexibility index (Phi) is 6.03. The normalized spacial score (nSPS) is 10.4. The van der Waals surface area contributed by atoms with E-state index < -0.39 is 0 Å². The lowest BCUT2D eigenvalue weighted by Gasteiger charge is -2.10. The number of anilines is 1. The van der Waals surface area contributed by atoms with Crippen molar-refractivity contribution in [2.45, 2.75) is 12.8 Å². The first-order valence-corrected chi connectivity index (χ1v) is 7.52. The van der Waals surface area contributed by atoms with Crippen molar-refractivity contribution >= 4 is 28.9 Å². The van der Waals surface area contributed by atoms with Gasteiger partial charge in [-0.3, -0.25) is 0 Å². The number of rotatable bonds is 7. The Balaban J connectivity index is 1.68. The van der Waals surface area contributed by atoms with Crippen LogP contribution in [0.3, 0.4) is 0 Å². The van der Waals surface area contributed by atoms with E-state index in [1.54, 1.807) is 0 Å². The summed E-state index contributed by atoms with van der Waals surface area (Å²) in [4.78, 5) is 0. The van der Waals surface area contributed by atoms with Gasteiger partial charge in [0.2, 0.25) is 0 Å². The van der Waals surface area contributed by atoms with Gasteiger partial charge in [-0.25, -0.2) is 0 Å². The third-order valence-electron chi connectivity index (χ3n) is 2.90. The summed E-state index contributed by atoms with van der Waals surface area (Å²) in [6.45, 7) is 1.41. The molecule has 0 saturated heterocycles. The van der Waals surface area contributed by atoms with Gasteiger partial charge in [-0.15, -0.1) is 0 Å². The predicted octanol–water partition coefficient (Wildman–Crippen LogP) is 4.97. The summed E-state index contributed by atoms with van der Waals surface area (Å²) in [5, 5.41) is 13.3. The van der Waals surface area contributed by atoms with Crippen molar-refractivity contribution in [2.75, 3.05) is 18.5 Å². The second-order valence-electron chi connectivity index (χ2n) is 4.59. The van der Waals surface area contributed by atoms with Gasteiger partial charge in [0, 0.05) is 24.4 Å². The molecule has 0 bridgehead atoms. The molecule has 0 atom stereocenters. The predicted molar refractivity (Wildman–Crippen MR) is 87.8 cm³/mol. The molecule has 0 aliphatic rings. The van der Waals surface area contributed by atoms with Crippen molar-refractivity contribution in [1.29, 1.82) is 0 Å². The van der Waals surface area contributed by atoms with Crippen molar-refractivity contribution in [1.82, 2.24) is 0 Å². The standard InChI is InChI=1S/C16H17Cl2NO2/c17-14-10-13(20)11-15(18)16(14)21-9-5-4-8-19-12-6-2-1-3-7-12/h1-3,6-7,10-11,19-20H,4-5,8-9H2. The average Bonchev–Trinajstić information content (AvgIpc) is 2.45. The Morgan fingerprint density at radius 1 is 1.00 bits per heavy atom. The van der Waals surface area contributed by atoms with Crippen molar-refractivity contribution in [3.8, 4) is 11.5 Å². The molecule has 0 saturated carbocycles. The number of phenols is 1. The highest BCUT2D eigenvalue weighted by Gasteiger charge is 2.09. The third kappa shape index (κ3) is 5.03. The van der Waals surface area contributed by atoms with E-state index in [-0.39, 0.29) is 5.75 Å². The van der Waals surface area contributed by atoms with E-state index in [1.807, 2.05) is 30.3 Å². The molecule has 0 aliphatic carbocycles. The summed E-state index contributed by atoms with van der Waals surface area (Å²) < 4.78 is 5.57. The Hall–Kier alpha value is -1.58. The van der Waals surface area contributed by atoms with Gasteiger partial charge in [0.05, 0.1) is 16.7 Å². The third-order valence-corrected chi connectivity index (χ3v) is 3.46. The maximum absolute atomic E-state index is 9.34. The van der Waals surface area contributed by atoms with E-state index in [0.29, 0.717) is 22.4 Å². The molecule has 2 aromatic rings. The van der Waals surface area contributed by atoms with Crippen LogP contribution in [0.15, 0.2) is 42.5 Å². The Labute approximate surface area is 134 Å². The van der Waals surface area contributed by atoms with E-state index in [0.717, 1.165) is 25.1 Å². The van der Waals surface area contributed by atoms with Gasteiger partial charge in [-0.1, -0.05) is 41.4 Å². The first kappa shape index (κ1) is 15.8. The molecule has 112 valence electrons. The zero-order chi connectivity index (χ0) is 15.1. The fourth-order valence-corrected chi connectivity index (χ4v) is 2.46. The zero-order valence-corrected chi connectivity index (χ0v) is 13.0. The van der Waals surface area contributed by atoms with Crippen LogP contribution < -0.4 is 10.1 Å². The first-order valence-electron chi connectivity index (χ1n) is 6.76. The zero-order valence-electron chi connectivity index (χ0n) is 11.5. The number of hydrogen-bond donors (Lipinski definition) is 2. The number of halogens is 2. The van der Waals surface area contributed by atoms with Crippen LogP contribution >= 0.6 is 23.2 Å². The van der Waals surface area contributed by atoms with E-state index in [1.165, 1.54) is 12.1 Å². The van der Waals surface area contributed by atoms with Crippen molar-refractivity contribution in [2.24, 2.45) is 0 Å². The number of ether oxygens (including phenoxy) is 1. The molecule has 0 spiro atoms. The summed E-state index contributed by atoms with van der Waals surface area (Å²) in [6, 6.07) is 12.9. The van der Waals surface area contributed by atoms with Crippen LogP contribution in [0.4, 0.5) is 5.69 Å². The van der Waals surface area contributed by atoms with Gasteiger partial charge in [0.1, 0.15) is 5.75 Å². The highest BCUT2D eigenvalue weighted by atomic mass is 35.5. The monoisotopic (exact) mass is 325 g/mol. The number of phenolic OH excluding ortho intramolecular Hbond substituents is 1. The topological polar surface area (TPSA) is 41.5 Å². The Morgan fingerprint density at radius 2 is 1.67 bits per heavy atom. The van der Waals surface area contributed by atoms with Crippen LogP contribution in [-0.2, 0) is 0 Å². The molecule has 5 heteroatoms. The van der Waals surface area contributed by atoms with Crippen LogP contribution in [0.5, 0.6) is 11.5 Å². The number of unbranched alkanes of at least 4 members (excludes halogenated alkanes) is 1. The van der Waals surface area contributed by atoms with Crippen LogP contribution in [0.25, 0.3) is 0 Å². The lowest BCUT2D eigenvalue weighted by atomic mass is 10.3. The molecule has 0 aromatic heterocycles. The van der Waals surface area contributed by atoms with Crippen LogP contribution in [0.2, 0.25) is 10.0 Å². The largest absolute Gasteiger partial charge is 0.508 e. The number of para-hydroxylation sites is 1. The maximum atomic E-state index is 9.34. The van der Waals surface area contributed by atoms with Gasteiger partial charge in [0.15, 0.2) is 5.75 Å². The smallest absolute Gasteiger partial charge is 0.156 e.